The summed E-state index contributed by atoms with van der Waals surface area (Å²) in [6.45, 7) is 3.73. The monoisotopic (exact) mass is 385 g/mol. The van der Waals surface area contributed by atoms with Gasteiger partial charge in [-0.15, -0.1) is 15.3 Å². The van der Waals surface area contributed by atoms with Gasteiger partial charge in [0.05, 0.1) is 0 Å². The fourth-order valence-corrected chi connectivity index (χ4v) is 4.13. The van der Waals surface area contributed by atoms with Crippen molar-refractivity contribution in [3.05, 3.63) is 35.7 Å². The maximum absolute atomic E-state index is 12.5. The predicted octanol–water partition coefficient (Wildman–Crippen LogP) is 3.95. The summed E-state index contributed by atoms with van der Waals surface area (Å²) < 4.78 is 7.49. The lowest BCUT2D eigenvalue weighted by Gasteiger charge is -2.18. The number of ether oxygens (including phenoxy) is 1. The molecule has 3 aromatic rings. The van der Waals surface area contributed by atoms with Crippen LogP contribution in [0.25, 0.3) is 4.96 Å². The number of hydrogen-bond acceptors (Lipinski definition) is 6. The van der Waals surface area contributed by atoms with Crippen molar-refractivity contribution in [2.24, 2.45) is 0 Å². The van der Waals surface area contributed by atoms with Gasteiger partial charge in [0.2, 0.25) is 10.1 Å². The molecular weight excluding hydrogens is 362 g/mol. The van der Waals surface area contributed by atoms with Crippen molar-refractivity contribution in [3.63, 3.8) is 0 Å². The minimum atomic E-state index is -0.625. The smallest absolute Gasteiger partial charge is 0.266 e. The number of carbonyl (C=O) groups is 1. The van der Waals surface area contributed by atoms with E-state index in [-0.39, 0.29) is 5.91 Å². The summed E-state index contributed by atoms with van der Waals surface area (Å²) in [4.78, 5) is 13.2. The Morgan fingerprint density at radius 3 is 2.70 bits per heavy atom. The highest BCUT2D eigenvalue weighted by molar-refractivity contribution is 7.20. The highest BCUT2D eigenvalue weighted by Gasteiger charge is 2.24. The van der Waals surface area contributed by atoms with Crippen LogP contribution in [0.2, 0.25) is 0 Å². The Balaban J connectivity index is 1.43. The van der Waals surface area contributed by atoms with E-state index in [2.05, 4.69) is 20.6 Å². The van der Waals surface area contributed by atoms with Gasteiger partial charge in [0.1, 0.15) is 5.75 Å². The molecule has 0 saturated heterocycles. The molecule has 1 saturated carbocycles. The summed E-state index contributed by atoms with van der Waals surface area (Å²) >= 11 is 1.33. The van der Waals surface area contributed by atoms with Crippen LogP contribution in [0.15, 0.2) is 24.3 Å². The van der Waals surface area contributed by atoms with E-state index in [4.69, 9.17) is 4.74 Å². The molecule has 1 aliphatic rings. The number of fused-ring (bicyclic) bond motifs is 1. The van der Waals surface area contributed by atoms with Crippen LogP contribution in [-0.4, -0.2) is 31.8 Å². The fraction of sp³-hybridized carbons (Fsp3) is 0.474. The Kier molecular flexibility index (Phi) is 5.07. The van der Waals surface area contributed by atoms with Crippen LogP contribution in [0.4, 0.5) is 5.13 Å². The van der Waals surface area contributed by atoms with Crippen LogP contribution < -0.4 is 10.1 Å². The first kappa shape index (κ1) is 17.9. The number of amides is 1. The molecule has 0 aliphatic heterocycles. The average molecular weight is 385 g/mol. The topological polar surface area (TPSA) is 81.4 Å². The lowest BCUT2D eigenvalue weighted by atomic mass is 9.89. The summed E-state index contributed by atoms with van der Waals surface area (Å²) in [7, 11) is 0. The molecule has 2 heterocycles. The van der Waals surface area contributed by atoms with Gasteiger partial charge < -0.3 is 4.74 Å². The molecule has 7 nitrogen and oxygen atoms in total. The normalized spacial score (nSPS) is 16.4. The molecule has 1 fully saturated rings. The third-order valence-electron chi connectivity index (χ3n) is 4.92. The number of anilines is 1. The van der Waals surface area contributed by atoms with Crippen molar-refractivity contribution in [2.45, 2.75) is 58.0 Å². The number of aromatic nitrogens is 4. The molecule has 1 aliphatic carbocycles. The van der Waals surface area contributed by atoms with Gasteiger partial charge in [-0.3, -0.25) is 10.1 Å². The zero-order chi connectivity index (χ0) is 18.8. The van der Waals surface area contributed by atoms with Gasteiger partial charge in [-0.2, -0.15) is 4.52 Å². The Bertz CT molecular complexity index is 927. The number of rotatable bonds is 5. The first-order chi connectivity index (χ1) is 13.1. The fourth-order valence-electron chi connectivity index (χ4n) is 3.38. The molecule has 0 radical (unpaired) electrons. The molecule has 0 spiro atoms. The summed E-state index contributed by atoms with van der Waals surface area (Å²) in [6.07, 6.45) is 5.36. The largest absolute Gasteiger partial charge is 0.481 e. The molecule has 1 N–H and O–H groups in total. The number of nitrogens with one attached hydrogen (secondary N) is 1. The van der Waals surface area contributed by atoms with Crippen molar-refractivity contribution in [1.82, 2.24) is 19.8 Å². The average Bonchev–Trinajstić information content (AvgIpc) is 3.24. The van der Waals surface area contributed by atoms with E-state index in [9.17, 15) is 4.79 Å². The van der Waals surface area contributed by atoms with Crippen molar-refractivity contribution >= 4 is 27.3 Å². The molecule has 1 amide bonds. The van der Waals surface area contributed by atoms with E-state index in [1.165, 1.54) is 30.6 Å². The summed E-state index contributed by atoms with van der Waals surface area (Å²) in [5.41, 5.74) is 1.15. The molecular formula is C19H23N5O2S. The van der Waals surface area contributed by atoms with E-state index in [1.807, 2.05) is 31.2 Å². The van der Waals surface area contributed by atoms with Crippen LogP contribution in [-0.2, 0) is 4.79 Å². The van der Waals surface area contributed by atoms with E-state index >= 15 is 0 Å². The van der Waals surface area contributed by atoms with Crippen LogP contribution in [0.5, 0.6) is 5.75 Å². The van der Waals surface area contributed by atoms with Gasteiger partial charge in [-0.05, 0) is 38.8 Å². The lowest BCUT2D eigenvalue weighted by molar-refractivity contribution is -0.122. The minimum Gasteiger partial charge on any atom is -0.481 e. The zero-order valence-corrected chi connectivity index (χ0v) is 16.3. The molecule has 4 rings (SSSR count). The number of benzene rings is 1. The molecule has 0 bridgehead atoms. The van der Waals surface area contributed by atoms with Gasteiger partial charge in [-0.25, -0.2) is 0 Å². The highest BCUT2D eigenvalue weighted by Crippen LogP contribution is 2.32. The Labute approximate surface area is 161 Å². The van der Waals surface area contributed by atoms with Crippen molar-refractivity contribution in [1.29, 1.82) is 0 Å². The number of hydrogen-bond donors (Lipinski definition) is 1. The van der Waals surface area contributed by atoms with Crippen LogP contribution in [0, 0.1) is 6.92 Å². The second-order valence-electron chi connectivity index (χ2n) is 7.06. The maximum Gasteiger partial charge on any atom is 0.266 e. The quantitative estimate of drug-likeness (QED) is 0.719. The standard InChI is InChI=1S/C19H23N5O2S/c1-12-8-10-15(11-9-12)26-13(2)17(25)20-18-23-24-16(21-22-19(24)27-18)14-6-4-3-5-7-14/h8-11,13-14H,3-7H2,1-2H3,(H,20,23,25)/t13-/m1/s1. The van der Waals surface area contributed by atoms with Gasteiger partial charge in [-0.1, -0.05) is 48.3 Å². The minimum absolute atomic E-state index is 0.236. The number of nitrogens with zero attached hydrogens (tertiary/aromatic N) is 4. The summed E-state index contributed by atoms with van der Waals surface area (Å²) in [5, 5.41) is 16.4. The summed E-state index contributed by atoms with van der Waals surface area (Å²) in [5.74, 6) is 1.74. The first-order valence-corrected chi connectivity index (χ1v) is 10.2. The molecule has 1 aromatic carbocycles. The number of aryl methyl sites for hydroxylation is 1. The Morgan fingerprint density at radius 2 is 1.96 bits per heavy atom. The first-order valence-electron chi connectivity index (χ1n) is 9.36. The Morgan fingerprint density at radius 1 is 1.22 bits per heavy atom. The van der Waals surface area contributed by atoms with Crippen LogP contribution >= 0.6 is 11.3 Å². The van der Waals surface area contributed by atoms with Gasteiger partial charge in [0.25, 0.3) is 5.91 Å². The zero-order valence-electron chi connectivity index (χ0n) is 15.5. The molecule has 8 heteroatoms. The Hall–Kier alpha value is -2.48. The van der Waals surface area contributed by atoms with E-state index in [0.29, 0.717) is 21.8 Å². The molecule has 0 unspecified atom stereocenters. The molecule has 27 heavy (non-hydrogen) atoms. The van der Waals surface area contributed by atoms with Crippen molar-refractivity contribution < 1.29 is 9.53 Å². The molecule has 1 atom stereocenters. The molecule has 142 valence electrons. The third kappa shape index (κ3) is 3.95. The van der Waals surface area contributed by atoms with E-state index < -0.39 is 6.10 Å². The highest BCUT2D eigenvalue weighted by atomic mass is 32.1. The number of carbonyl (C=O) groups excluding carboxylic acids is 1. The SMILES string of the molecule is Cc1ccc(O[C@H](C)C(=O)Nc2nn3c(C4CCCCC4)nnc3s2)cc1. The second kappa shape index (κ2) is 7.64. The molecule has 2 aromatic heterocycles. The van der Waals surface area contributed by atoms with Crippen LogP contribution in [0.1, 0.15) is 56.3 Å². The lowest BCUT2D eigenvalue weighted by Crippen LogP contribution is -2.30. The van der Waals surface area contributed by atoms with Crippen molar-refractivity contribution in [2.75, 3.05) is 5.32 Å². The van der Waals surface area contributed by atoms with Crippen LogP contribution in [0.3, 0.4) is 0 Å². The maximum atomic E-state index is 12.5. The van der Waals surface area contributed by atoms with Gasteiger partial charge in [0.15, 0.2) is 11.9 Å². The predicted molar refractivity (Wildman–Crippen MR) is 104 cm³/mol. The van der Waals surface area contributed by atoms with E-state index in [0.717, 1.165) is 24.2 Å². The van der Waals surface area contributed by atoms with Gasteiger partial charge >= 0.3 is 0 Å². The third-order valence-corrected chi connectivity index (χ3v) is 5.73. The van der Waals surface area contributed by atoms with Gasteiger partial charge in [0, 0.05) is 5.92 Å². The summed E-state index contributed by atoms with van der Waals surface area (Å²) in [6, 6.07) is 7.63. The van der Waals surface area contributed by atoms with Crippen molar-refractivity contribution in [3.8, 4) is 5.75 Å². The second-order valence-corrected chi connectivity index (χ2v) is 8.01. The van der Waals surface area contributed by atoms with E-state index in [1.54, 1.807) is 11.4 Å².